The number of hydrogen-bond donors (Lipinski definition) is 1. The van der Waals surface area contributed by atoms with E-state index >= 15 is 0 Å². The van der Waals surface area contributed by atoms with Gasteiger partial charge in [-0.1, -0.05) is 30.3 Å². The van der Waals surface area contributed by atoms with E-state index in [0.29, 0.717) is 5.56 Å². The second-order valence-electron chi connectivity index (χ2n) is 7.98. The average molecular weight is 421 g/mol. The van der Waals surface area contributed by atoms with E-state index in [1.807, 2.05) is 0 Å². The highest BCUT2D eigenvalue weighted by atomic mass is 32.2. The number of fused-ring (bicyclic) bond motifs is 1. The fourth-order valence-corrected chi connectivity index (χ4v) is 6.19. The van der Waals surface area contributed by atoms with E-state index in [4.69, 9.17) is 9.47 Å². The lowest BCUT2D eigenvalue weighted by molar-refractivity contribution is -0.197. The second-order valence-corrected chi connectivity index (χ2v) is 10.1. The normalized spacial score (nSPS) is 27.7. The highest BCUT2D eigenvalue weighted by Gasteiger charge is 2.57. The van der Waals surface area contributed by atoms with Crippen LogP contribution in [0.1, 0.15) is 19.4 Å². The molecule has 0 saturated carbocycles. The molecule has 2 aromatic rings. The van der Waals surface area contributed by atoms with Gasteiger partial charge in [0.25, 0.3) is 0 Å². The van der Waals surface area contributed by atoms with Crippen molar-refractivity contribution in [2.45, 2.75) is 54.5 Å². The SMILES string of the molecule is CC1(C)O[C@H]2[C@H]([C@@H](Cc3ccc(F)cc3)S(=O)(=O)c3ccccc3)N(O)C[C@H]2O1. The molecule has 0 bridgehead atoms. The van der Waals surface area contributed by atoms with Crippen LogP contribution in [0.5, 0.6) is 0 Å². The van der Waals surface area contributed by atoms with Gasteiger partial charge in [-0.15, -0.1) is 0 Å². The van der Waals surface area contributed by atoms with Gasteiger partial charge in [0.15, 0.2) is 15.6 Å². The van der Waals surface area contributed by atoms with Gasteiger partial charge in [-0.25, -0.2) is 12.8 Å². The molecule has 0 unspecified atom stereocenters. The number of nitrogens with zero attached hydrogens (tertiary/aromatic N) is 1. The van der Waals surface area contributed by atoms with Gasteiger partial charge in [-0.3, -0.25) is 0 Å². The largest absolute Gasteiger partial charge is 0.343 e. The first kappa shape index (κ1) is 20.4. The Balaban J connectivity index is 1.75. The molecule has 2 heterocycles. The maximum absolute atomic E-state index is 13.6. The fourth-order valence-electron chi connectivity index (χ4n) is 4.22. The van der Waals surface area contributed by atoms with Crippen molar-refractivity contribution in [3.05, 3.63) is 66.0 Å². The molecule has 29 heavy (non-hydrogen) atoms. The maximum Gasteiger partial charge on any atom is 0.183 e. The molecule has 8 heteroatoms. The third-order valence-electron chi connectivity index (χ3n) is 5.47. The first-order valence-electron chi connectivity index (χ1n) is 9.52. The van der Waals surface area contributed by atoms with Crippen LogP contribution in [0.4, 0.5) is 4.39 Å². The van der Waals surface area contributed by atoms with Crippen LogP contribution in [0.3, 0.4) is 0 Å². The summed E-state index contributed by atoms with van der Waals surface area (Å²) in [4.78, 5) is 0.169. The maximum atomic E-state index is 13.6. The van der Waals surface area contributed by atoms with E-state index in [9.17, 15) is 18.0 Å². The molecule has 2 fully saturated rings. The van der Waals surface area contributed by atoms with Crippen molar-refractivity contribution in [3.8, 4) is 0 Å². The van der Waals surface area contributed by atoms with Gasteiger partial charge in [-0.2, -0.15) is 5.06 Å². The first-order chi connectivity index (χ1) is 13.7. The van der Waals surface area contributed by atoms with E-state index in [1.165, 1.54) is 24.3 Å². The molecule has 2 aliphatic rings. The Bertz CT molecular complexity index is 964. The summed E-state index contributed by atoms with van der Waals surface area (Å²) >= 11 is 0. The van der Waals surface area contributed by atoms with Gasteiger partial charge < -0.3 is 14.7 Å². The summed E-state index contributed by atoms with van der Waals surface area (Å²) in [5.74, 6) is -1.25. The summed E-state index contributed by atoms with van der Waals surface area (Å²) in [6, 6.07) is 13.0. The summed E-state index contributed by atoms with van der Waals surface area (Å²) in [7, 11) is -3.83. The molecule has 4 atom stereocenters. The minimum absolute atomic E-state index is 0.103. The molecular weight excluding hydrogens is 397 g/mol. The first-order valence-corrected chi connectivity index (χ1v) is 11.1. The predicted octanol–water partition coefficient (Wildman–Crippen LogP) is 2.80. The lowest BCUT2D eigenvalue weighted by atomic mass is 10.0. The van der Waals surface area contributed by atoms with E-state index in [-0.39, 0.29) is 17.9 Å². The number of rotatable bonds is 5. The molecule has 6 nitrogen and oxygen atoms in total. The van der Waals surface area contributed by atoms with Crippen LogP contribution in [0, 0.1) is 5.82 Å². The topological polar surface area (TPSA) is 76.1 Å². The average Bonchev–Trinajstić information content (AvgIpc) is 3.12. The van der Waals surface area contributed by atoms with Crippen molar-refractivity contribution in [1.29, 1.82) is 0 Å². The van der Waals surface area contributed by atoms with Gasteiger partial charge in [0.05, 0.1) is 22.7 Å². The van der Waals surface area contributed by atoms with Crippen LogP contribution in [0.25, 0.3) is 0 Å². The molecule has 0 aromatic heterocycles. The van der Waals surface area contributed by atoms with Gasteiger partial charge in [0.1, 0.15) is 18.0 Å². The Labute approximate surface area is 169 Å². The van der Waals surface area contributed by atoms with Crippen molar-refractivity contribution in [3.63, 3.8) is 0 Å². The highest BCUT2D eigenvalue weighted by molar-refractivity contribution is 7.92. The van der Waals surface area contributed by atoms with E-state index in [2.05, 4.69) is 0 Å². The molecular formula is C21H24FNO5S. The standard InChI is InChI=1S/C21H24FNO5S/c1-21(2)27-17-13-23(24)19(20(17)28-21)18(12-14-8-10-15(22)11-9-14)29(25,26)16-6-4-3-5-7-16/h3-11,17-20,24H,12-13H2,1-2H3/t17-,18-,19+,20-/m1/s1. The Morgan fingerprint density at radius 2 is 1.79 bits per heavy atom. The number of benzene rings is 2. The van der Waals surface area contributed by atoms with Crippen LogP contribution >= 0.6 is 0 Å². The van der Waals surface area contributed by atoms with Gasteiger partial charge in [0, 0.05) is 0 Å². The Hall–Kier alpha value is -1.84. The van der Waals surface area contributed by atoms with Gasteiger partial charge in [-0.05, 0) is 50.1 Å². The minimum Gasteiger partial charge on any atom is -0.343 e. The molecule has 1 N–H and O–H groups in total. The molecule has 0 amide bonds. The lowest BCUT2D eigenvalue weighted by Gasteiger charge is -2.32. The van der Waals surface area contributed by atoms with Crippen LogP contribution in [0.15, 0.2) is 59.5 Å². The molecule has 4 rings (SSSR count). The van der Waals surface area contributed by atoms with Crippen LogP contribution < -0.4 is 0 Å². The van der Waals surface area contributed by atoms with Crippen molar-refractivity contribution < 1.29 is 27.5 Å². The number of sulfone groups is 1. The Kier molecular flexibility index (Phi) is 5.25. The van der Waals surface area contributed by atoms with Crippen molar-refractivity contribution in [2.75, 3.05) is 6.54 Å². The fraction of sp³-hybridized carbons (Fsp3) is 0.429. The van der Waals surface area contributed by atoms with E-state index in [0.717, 1.165) is 5.06 Å². The van der Waals surface area contributed by atoms with E-state index in [1.54, 1.807) is 44.2 Å². The predicted molar refractivity (Wildman–Crippen MR) is 104 cm³/mol. The van der Waals surface area contributed by atoms with Crippen molar-refractivity contribution >= 4 is 9.84 Å². The lowest BCUT2D eigenvalue weighted by Crippen LogP contribution is -2.49. The molecule has 156 valence electrons. The highest BCUT2D eigenvalue weighted by Crippen LogP contribution is 2.40. The quantitative estimate of drug-likeness (QED) is 0.800. The molecule has 0 radical (unpaired) electrons. The zero-order valence-corrected chi connectivity index (χ0v) is 17.0. The molecule has 2 aromatic carbocycles. The van der Waals surface area contributed by atoms with E-state index < -0.39 is 44.9 Å². The Morgan fingerprint density at radius 1 is 1.14 bits per heavy atom. The summed E-state index contributed by atoms with van der Waals surface area (Å²) in [5.41, 5.74) is 0.658. The van der Waals surface area contributed by atoms with Gasteiger partial charge >= 0.3 is 0 Å². The summed E-state index contributed by atoms with van der Waals surface area (Å²) < 4.78 is 52.3. The number of halogens is 1. The molecule has 2 aliphatic heterocycles. The van der Waals surface area contributed by atoms with Crippen molar-refractivity contribution in [1.82, 2.24) is 5.06 Å². The summed E-state index contributed by atoms with van der Waals surface area (Å²) in [5, 5.41) is 10.6. The summed E-state index contributed by atoms with van der Waals surface area (Å²) in [6.07, 6.45) is -0.924. The van der Waals surface area contributed by atoms with Crippen LogP contribution in [0.2, 0.25) is 0 Å². The molecule has 0 aliphatic carbocycles. The zero-order valence-electron chi connectivity index (χ0n) is 16.2. The minimum atomic E-state index is -3.83. The molecule has 2 saturated heterocycles. The Morgan fingerprint density at radius 3 is 2.45 bits per heavy atom. The number of ether oxygens (including phenoxy) is 2. The third-order valence-corrected chi connectivity index (χ3v) is 7.64. The smallest absolute Gasteiger partial charge is 0.183 e. The van der Waals surface area contributed by atoms with Crippen LogP contribution in [-0.4, -0.2) is 54.5 Å². The number of hydrogen-bond acceptors (Lipinski definition) is 6. The van der Waals surface area contributed by atoms with Crippen molar-refractivity contribution in [2.24, 2.45) is 0 Å². The summed E-state index contributed by atoms with van der Waals surface area (Å²) in [6.45, 7) is 3.69. The van der Waals surface area contributed by atoms with Crippen LogP contribution in [-0.2, 0) is 25.7 Å². The van der Waals surface area contributed by atoms with Gasteiger partial charge in [0.2, 0.25) is 0 Å². The molecule has 0 spiro atoms. The number of hydroxylamine groups is 2. The monoisotopic (exact) mass is 421 g/mol. The second kappa shape index (κ2) is 7.45. The zero-order chi connectivity index (χ0) is 20.8. The third kappa shape index (κ3) is 3.95.